The summed E-state index contributed by atoms with van der Waals surface area (Å²) in [7, 11) is 0. The predicted molar refractivity (Wildman–Crippen MR) is 94.6 cm³/mol. The van der Waals surface area contributed by atoms with Gasteiger partial charge in [0, 0.05) is 37.1 Å². The van der Waals surface area contributed by atoms with E-state index in [2.05, 4.69) is 22.0 Å². The summed E-state index contributed by atoms with van der Waals surface area (Å²) in [6.45, 7) is 5.18. The van der Waals surface area contributed by atoms with Crippen LogP contribution in [0.15, 0.2) is 47.5 Å². The maximum atomic E-state index is 10.8. The Bertz CT molecular complexity index is 751. The summed E-state index contributed by atoms with van der Waals surface area (Å²) < 4.78 is 5.36. The maximum absolute atomic E-state index is 10.8. The van der Waals surface area contributed by atoms with E-state index in [1.807, 2.05) is 19.1 Å². The Morgan fingerprint density at radius 3 is 2.50 bits per heavy atom. The lowest BCUT2D eigenvalue weighted by molar-refractivity contribution is -0.384. The molecule has 1 fully saturated rings. The van der Waals surface area contributed by atoms with Crippen molar-refractivity contribution in [2.45, 2.75) is 6.92 Å². The lowest BCUT2D eigenvalue weighted by Crippen LogP contribution is -2.36. The Labute approximate surface area is 140 Å². The summed E-state index contributed by atoms with van der Waals surface area (Å²) in [6.07, 6.45) is 1.78. The molecule has 0 aromatic heterocycles. The molecule has 6 nitrogen and oxygen atoms in total. The summed E-state index contributed by atoms with van der Waals surface area (Å²) in [5.41, 5.74) is 3.77. The molecule has 0 radical (unpaired) electrons. The maximum Gasteiger partial charge on any atom is 0.269 e. The summed E-state index contributed by atoms with van der Waals surface area (Å²) in [4.78, 5) is 17.1. The Kier molecular flexibility index (Phi) is 4.86. The second kappa shape index (κ2) is 7.23. The van der Waals surface area contributed by atoms with Crippen molar-refractivity contribution in [2.75, 3.05) is 31.2 Å². The van der Waals surface area contributed by atoms with Gasteiger partial charge in [-0.2, -0.15) is 0 Å². The molecule has 2 aromatic carbocycles. The zero-order chi connectivity index (χ0) is 16.9. The SMILES string of the molecule is Cc1cc([N+](=O)[O-])ccc1N=Cc1ccc(N2CCOCC2)cc1. The number of hydrogen-bond donors (Lipinski definition) is 0. The Hall–Kier alpha value is -2.73. The van der Waals surface area contributed by atoms with E-state index in [0.29, 0.717) is 0 Å². The molecule has 2 aromatic rings. The van der Waals surface area contributed by atoms with Gasteiger partial charge in [-0.15, -0.1) is 0 Å². The molecule has 0 aliphatic carbocycles. The van der Waals surface area contributed by atoms with E-state index in [1.165, 1.54) is 17.8 Å². The first-order valence-electron chi connectivity index (χ1n) is 7.85. The number of nitro groups is 1. The van der Waals surface area contributed by atoms with Crippen LogP contribution in [-0.2, 0) is 4.74 Å². The molecule has 3 rings (SSSR count). The highest BCUT2D eigenvalue weighted by molar-refractivity contribution is 5.83. The van der Waals surface area contributed by atoms with Gasteiger partial charge in [0.05, 0.1) is 23.8 Å². The monoisotopic (exact) mass is 325 g/mol. The number of morpholine rings is 1. The van der Waals surface area contributed by atoms with Crippen molar-refractivity contribution in [2.24, 2.45) is 4.99 Å². The smallest absolute Gasteiger partial charge is 0.269 e. The van der Waals surface area contributed by atoms with E-state index >= 15 is 0 Å². The number of aryl methyl sites for hydroxylation is 1. The van der Waals surface area contributed by atoms with Crippen molar-refractivity contribution in [3.05, 3.63) is 63.7 Å². The highest BCUT2D eigenvalue weighted by Crippen LogP contribution is 2.24. The average Bonchev–Trinajstić information content (AvgIpc) is 2.62. The van der Waals surface area contributed by atoms with Crippen LogP contribution in [0.1, 0.15) is 11.1 Å². The molecule has 1 saturated heterocycles. The minimum atomic E-state index is -0.398. The number of aliphatic imine (C=N–C) groups is 1. The van der Waals surface area contributed by atoms with Crippen LogP contribution in [0.2, 0.25) is 0 Å². The summed E-state index contributed by atoms with van der Waals surface area (Å²) in [5, 5.41) is 10.8. The Morgan fingerprint density at radius 2 is 1.88 bits per heavy atom. The van der Waals surface area contributed by atoms with Gasteiger partial charge in [-0.05, 0) is 36.2 Å². The standard InChI is InChI=1S/C18H19N3O3/c1-14-12-17(21(22)23)6-7-18(14)19-13-15-2-4-16(5-3-15)20-8-10-24-11-9-20/h2-7,12-13H,8-11H2,1H3. The molecule has 24 heavy (non-hydrogen) atoms. The summed E-state index contributed by atoms with van der Waals surface area (Å²) in [6, 6.07) is 12.9. The van der Waals surface area contributed by atoms with Gasteiger partial charge in [-0.1, -0.05) is 12.1 Å². The molecular formula is C18H19N3O3. The number of anilines is 1. The van der Waals surface area contributed by atoms with Crippen molar-refractivity contribution in [3.63, 3.8) is 0 Å². The van der Waals surface area contributed by atoms with Crippen LogP contribution in [0, 0.1) is 17.0 Å². The normalized spacial score (nSPS) is 15.0. The molecule has 0 spiro atoms. The second-order valence-corrected chi connectivity index (χ2v) is 5.68. The third-order valence-corrected chi connectivity index (χ3v) is 4.01. The highest BCUT2D eigenvalue weighted by Gasteiger charge is 2.10. The van der Waals surface area contributed by atoms with E-state index < -0.39 is 4.92 Å². The fourth-order valence-corrected chi connectivity index (χ4v) is 2.63. The zero-order valence-corrected chi connectivity index (χ0v) is 13.5. The van der Waals surface area contributed by atoms with Crippen molar-refractivity contribution < 1.29 is 9.66 Å². The number of rotatable bonds is 4. The van der Waals surface area contributed by atoms with Gasteiger partial charge in [0.25, 0.3) is 5.69 Å². The van der Waals surface area contributed by atoms with Crippen LogP contribution in [0.5, 0.6) is 0 Å². The van der Waals surface area contributed by atoms with Crippen LogP contribution in [-0.4, -0.2) is 37.4 Å². The third kappa shape index (κ3) is 3.78. The quantitative estimate of drug-likeness (QED) is 0.490. The fraction of sp³-hybridized carbons (Fsp3) is 0.278. The summed E-state index contributed by atoms with van der Waals surface area (Å²) >= 11 is 0. The highest BCUT2D eigenvalue weighted by atomic mass is 16.6. The van der Waals surface area contributed by atoms with Gasteiger partial charge in [-0.25, -0.2) is 0 Å². The molecule has 0 atom stereocenters. The van der Waals surface area contributed by atoms with Gasteiger partial charge in [0.1, 0.15) is 0 Å². The van der Waals surface area contributed by atoms with Gasteiger partial charge >= 0.3 is 0 Å². The molecule has 0 amide bonds. The molecule has 0 N–H and O–H groups in total. The number of hydrogen-bond acceptors (Lipinski definition) is 5. The van der Waals surface area contributed by atoms with E-state index in [1.54, 1.807) is 12.3 Å². The van der Waals surface area contributed by atoms with E-state index in [9.17, 15) is 10.1 Å². The number of ether oxygens (including phenoxy) is 1. The zero-order valence-electron chi connectivity index (χ0n) is 13.5. The van der Waals surface area contributed by atoms with Crippen LogP contribution in [0.25, 0.3) is 0 Å². The first-order chi connectivity index (χ1) is 11.6. The molecular weight excluding hydrogens is 306 g/mol. The van der Waals surface area contributed by atoms with Crippen molar-refractivity contribution in [3.8, 4) is 0 Å². The van der Waals surface area contributed by atoms with Crippen LogP contribution >= 0.6 is 0 Å². The van der Waals surface area contributed by atoms with Gasteiger partial charge in [0.15, 0.2) is 0 Å². The Balaban J connectivity index is 1.71. The molecule has 1 aliphatic heterocycles. The Morgan fingerprint density at radius 1 is 1.17 bits per heavy atom. The van der Waals surface area contributed by atoms with Gasteiger partial charge in [0.2, 0.25) is 0 Å². The summed E-state index contributed by atoms with van der Waals surface area (Å²) in [5.74, 6) is 0. The van der Waals surface area contributed by atoms with Crippen LogP contribution in [0.3, 0.4) is 0 Å². The molecule has 6 heteroatoms. The van der Waals surface area contributed by atoms with E-state index in [-0.39, 0.29) is 5.69 Å². The first-order valence-corrected chi connectivity index (χ1v) is 7.85. The van der Waals surface area contributed by atoms with Crippen molar-refractivity contribution in [1.82, 2.24) is 0 Å². The number of nitro benzene ring substituents is 1. The lowest BCUT2D eigenvalue weighted by Gasteiger charge is -2.28. The van der Waals surface area contributed by atoms with Crippen LogP contribution < -0.4 is 4.90 Å². The number of non-ortho nitro benzene ring substituents is 1. The van der Waals surface area contributed by atoms with Gasteiger partial charge in [-0.3, -0.25) is 15.1 Å². The molecule has 0 saturated carbocycles. The van der Waals surface area contributed by atoms with Crippen molar-refractivity contribution >= 4 is 23.3 Å². The average molecular weight is 325 g/mol. The fourth-order valence-electron chi connectivity index (χ4n) is 2.63. The number of nitrogens with zero attached hydrogens (tertiary/aromatic N) is 3. The predicted octanol–water partition coefficient (Wildman–Crippen LogP) is 3.49. The third-order valence-electron chi connectivity index (χ3n) is 4.01. The largest absolute Gasteiger partial charge is 0.378 e. The number of benzene rings is 2. The molecule has 0 bridgehead atoms. The van der Waals surface area contributed by atoms with Gasteiger partial charge < -0.3 is 9.64 Å². The minimum Gasteiger partial charge on any atom is -0.378 e. The molecule has 0 unspecified atom stereocenters. The second-order valence-electron chi connectivity index (χ2n) is 5.68. The molecule has 1 heterocycles. The lowest BCUT2D eigenvalue weighted by atomic mass is 10.1. The first kappa shape index (κ1) is 16.1. The van der Waals surface area contributed by atoms with Crippen LogP contribution in [0.4, 0.5) is 17.1 Å². The topological polar surface area (TPSA) is 68.0 Å². The van der Waals surface area contributed by atoms with E-state index in [0.717, 1.165) is 43.1 Å². The van der Waals surface area contributed by atoms with E-state index in [4.69, 9.17) is 4.74 Å². The molecule has 1 aliphatic rings. The molecule has 124 valence electrons. The van der Waals surface area contributed by atoms with Crippen molar-refractivity contribution in [1.29, 1.82) is 0 Å². The minimum absolute atomic E-state index is 0.0846.